The lowest BCUT2D eigenvalue weighted by Crippen LogP contribution is -2.38. The SMILES string of the molecule is COc1cccc(Cc2cnc([C@@H]3CCN(S(=O)(=O)N(C)C)C3)o2)c1. The minimum Gasteiger partial charge on any atom is -0.497 e. The molecule has 0 N–H and O–H groups in total. The Morgan fingerprint density at radius 2 is 2.20 bits per heavy atom. The van der Waals surface area contributed by atoms with Crippen molar-refractivity contribution >= 4 is 10.2 Å². The van der Waals surface area contributed by atoms with E-state index < -0.39 is 10.2 Å². The van der Waals surface area contributed by atoms with Gasteiger partial charge >= 0.3 is 0 Å². The smallest absolute Gasteiger partial charge is 0.281 e. The second-order valence-electron chi connectivity index (χ2n) is 6.33. The van der Waals surface area contributed by atoms with Crippen molar-refractivity contribution in [3.8, 4) is 5.75 Å². The first-order valence-electron chi connectivity index (χ1n) is 8.15. The molecular weight excluding hydrogens is 342 g/mol. The van der Waals surface area contributed by atoms with E-state index in [9.17, 15) is 8.42 Å². The first-order valence-corrected chi connectivity index (χ1v) is 9.55. The van der Waals surface area contributed by atoms with Crippen molar-refractivity contribution < 1.29 is 17.6 Å². The molecule has 25 heavy (non-hydrogen) atoms. The van der Waals surface area contributed by atoms with E-state index >= 15 is 0 Å². The molecule has 0 saturated carbocycles. The average Bonchev–Trinajstić information content (AvgIpc) is 3.24. The van der Waals surface area contributed by atoms with Crippen LogP contribution in [0.2, 0.25) is 0 Å². The van der Waals surface area contributed by atoms with Gasteiger partial charge in [-0.2, -0.15) is 17.0 Å². The highest BCUT2D eigenvalue weighted by Crippen LogP contribution is 2.29. The normalized spacial score (nSPS) is 18.8. The lowest BCUT2D eigenvalue weighted by molar-refractivity contribution is 0.400. The Hall–Kier alpha value is -1.90. The molecule has 1 saturated heterocycles. The van der Waals surface area contributed by atoms with Gasteiger partial charge in [-0.1, -0.05) is 12.1 Å². The van der Waals surface area contributed by atoms with E-state index in [0.29, 0.717) is 31.8 Å². The number of benzene rings is 1. The molecule has 1 aromatic carbocycles. The van der Waals surface area contributed by atoms with E-state index in [1.54, 1.807) is 27.4 Å². The highest BCUT2D eigenvalue weighted by molar-refractivity contribution is 7.86. The Kier molecular flexibility index (Phi) is 5.12. The molecular formula is C17H23N3O4S. The van der Waals surface area contributed by atoms with Crippen LogP contribution in [0.4, 0.5) is 0 Å². The lowest BCUT2D eigenvalue weighted by atomic mass is 10.1. The summed E-state index contributed by atoms with van der Waals surface area (Å²) >= 11 is 0. The second kappa shape index (κ2) is 7.15. The monoisotopic (exact) mass is 365 g/mol. The number of oxazole rings is 1. The Morgan fingerprint density at radius 1 is 1.40 bits per heavy atom. The Balaban J connectivity index is 1.68. The Bertz CT molecular complexity index is 832. The summed E-state index contributed by atoms with van der Waals surface area (Å²) < 4.78 is 38.2. The van der Waals surface area contributed by atoms with Gasteiger partial charge in [-0.3, -0.25) is 0 Å². The van der Waals surface area contributed by atoms with Gasteiger partial charge in [0.2, 0.25) is 0 Å². The minimum absolute atomic E-state index is 0.00576. The van der Waals surface area contributed by atoms with E-state index in [4.69, 9.17) is 9.15 Å². The maximum atomic E-state index is 12.2. The molecule has 136 valence electrons. The third-order valence-electron chi connectivity index (χ3n) is 4.37. The number of methoxy groups -OCH3 is 1. The summed E-state index contributed by atoms with van der Waals surface area (Å²) in [7, 11) is 1.34. The summed E-state index contributed by atoms with van der Waals surface area (Å²) in [5.41, 5.74) is 1.07. The minimum atomic E-state index is -3.38. The molecule has 0 spiro atoms. The van der Waals surface area contributed by atoms with Gasteiger partial charge in [0, 0.05) is 33.6 Å². The number of nitrogens with zero attached hydrogens (tertiary/aromatic N) is 3. The summed E-state index contributed by atoms with van der Waals surface area (Å²) in [6.45, 7) is 0.887. The molecule has 1 aliphatic rings. The summed E-state index contributed by atoms with van der Waals surface area (Å²) in [6, 6.07) is 7.80. The van der Waals surface area contributed by atoms with E-state index in [0.717, 1.165) is 17.1 Å². The quantitative estimate of drug-likeness (QED) is 0.781. The molecule has 3 rings (SSSR count). The topological polar surface area (TPSA) is 75.9 Å². The molecule has 0 aliphatic carbocycles. The Labute approximate surface area is 148 Å². The van der Waals surface area contributed by atoms with Crippen LogP contribution in [0.3, 0.4) is 0 Å². The highest BCUT2D eigenvalue weighted by Gasteiger charge is 2.35. The largest absolute Gasteiger partial charge is 0.497 e. The van der Waals surface area contributed by atoms with Gasteiger partial charge in [-0.15, -0.1) is 0 Å². The first-order chi connectivity index (χ1) is 11.9. The third-order valence-corrected chi connectivity index (χ3v) is 6.28. The molecule has 8 heteroatoms. The number of ether oxygens (including phenoxy) is 1. The molecule has 0 bridgehead atoms. The predicted octanol–water partition coefficient (Wildman–Crippen LogP) is 1.87. The van der Waals surface area contributed by atoms with Crippen LogP contribution in [0.5, 0.6) is 5.75 Å². The van der Waals surface area contributed by atoms with Crippen molar-refractivity contribution in [1.29, 1.82) is 0 Å². The second-order valence-corrected chi connectivity index (χ2v) is 8.47. The van der Waals surface area contributed by atoms with E-state index in [1.807, 2.05) is 24.3 Å². The molecule has 2 aromatic rings. The van der Waals surface area contributed by atoms with Crippen LogP contribution in [-0.2, 0) is 16.6 Å². The van der Waals surface area contributed by atoms with Crippen LogP contribution < -0.4 is 4.74 Å². The predicted molar refractivity (Wildman–Crippen MR) is 93.8 cm³/mol. The van der Waals surface area contributed by atoms with Gasteiger partial charge in [0.1, 0.15) is 11.5 Å². The van der Waals surface area contributed by atoms with Crippen molar-refractivity contribution in [2.45, 2.75) is 18.8 Å². The number of rotatable bonds is 6. The van der Waals surface area contributed by atoms with Crippen molar-refractivity contribution in [2.75, 3.05) is 34.3 Å². The van der Waals surface area contributed by atoms with Gasteiger partial charge in [-0.25, -0.2) is 4.98 Å². The standard InChI is InChI=1S/C17H23N3O4S/c1-19(2)25(21,22)20-8-7-14(12-20)17-18-11-16(24-17)10-13-5-4-6-15(9-13)23-3/h4-6,9,11,14H,7-8,10,12H2,1-3H3/t14-/m1/s1. The fraction of sp³-hybridized carbons (Fsp3) is 0.471. The summed E-state index contributed by atoms with van der Waals surface area (Å²) in [4.78, 5) is 4.37. The van der Waals surface area contributed by atoms with E-state index in [-0.39, 0.29) is 5.92 Å². The van der Waals surface area contributed by atoms with Gasteiger partial charge < -0.3 is 9.15 Å². The number of aromatic nitrogens is 1. The fourth-order valence-electron chi connectivity index (χ4n) is 2.95. The van der Waals surface area contributed by atoms with Crippen molar-refractivity contribution in [1.82, 2.24) is 13.6 Å². The summed E-state index contributed by atoms with van der Waals surface area (Å²) in [5.74, 6) is 2.16. The first kappa shape index (κ1) is 17.9. The number of hydrogen-bond donors (Lipinski definition) is 0. The maximum absolute atomic E-state index is 12.2. The van der Waals surface area contributed by atoms with Crippen LogP contribution in [-0.4, -0.2) is 56.3 Å². The van der Waals surface area contributed by atoms with Crippen molar-refractivity contribution in [3.05, 3.63) is 47.7 Å². The molecule has 2 heterocycles. The van der Waals surface area contributed by atoms with Gasteiger partial charge in [0.15, 0.2) is 5.89 Å². The highest BCUT2D eigenvalue weighted by atomic mass is 32.2. The van der Waals surface area contributed by atoms with Crippen molar-refractivity contribution in [2.24, 2.45) is 0 Å². The summed E-state index contributed by atoms with van der Waals surface area (Å²) in [5, 5.41) is 0. The molecule has 1 atom stereocenters. The third kappa shape index (κ3) is 3.86. The van der Waals surface area contributed by atoms with Crippen LogP contribution >= 0.6 is 0 Å². The Morgan fingerprint density at radius 3 is 2.92 bits per heavy atom. The van der Waals surface area contributed by atoms with E-state index in [2.05, 4.69) is 4.98 Å². The van der Waals surface area contributed by atoms with Crippen molar-refractivity contribution in [3.63, 3.8) is 0 Å². The molecule has 0 radical (unpaired) electrons. The van der Waals surface area contributed by atoms with Crippen LogP contribution in [0.15, 0.2) is 34.9 Å². The summed E-state index contributed by atoms with van der Waals surface area (Å²) in [6.07, 6.45) is 3.06. The van der Waals surface area contributed by atoms with Crippen LogP contribution in [0.1, 0.15) is 29.6 Å². The fourth-order valence-corrected chi connectivity index (χ4v) is 4.11. The molecule has 0 amide bonds. The molecule has 0 unspecified atom stereocenters. The van der Waals surface area contributed by atoms with Crippen LogP contribution in [0.25, 0.3) is 0 Å². The molecule has 1 fully saturated rings. The van der Waals surface area contributed by atoms with Gasteiger partial charge in [0.25, 0.3) is 10.2 Å². The van der Waals surface area contributed by atoms with Gasteiger partial charge in [-0.05, 0) is 24.1 Å². The zero-order valence-corrected chi connectivity index (χ0v) is 15.5. The van der Waals surface area contributed by atoms with Gasteiger partial charge in [0.05, 0.1) is 19.2 Å². The lowest BCUT2D eigenvalue weighted by Gasteiger charge is -2.20. The van der Waals surface area contributed by atoms with E-state index in [1.165, 1.54) is 8.61 Å². The molecule has 7 nitrogen and oxygen atoms in total. The zero-order valence-electron chi connectivity index (χ0n) is 14.7. The average molecular weight is 365 g/mol. The molecule has 1 aliphatic heterocycles. The zero-order chi connectivity index (χ0) is 18.0. The molecule has 1 aromatic heterocycles. The maximum Gasteiger partial charge on any atom is 0.281 e. The number of hydrogen-bond acceptors (Lipinski definition) is 5. The van der Waals surface area contributed by atoms with Crippen LogP contribution in [0, 0.1) is 0 Å².